The Labute approximate surface area is 145 Å². The van der Waals surface area contributed by atoms with Crippen molar-refractivity contribution in [2.24, 2.45) is 0 Å². The van der Waals surface area contributed by atoms with Crippen LogP contribution in [0, 0.1) is 0 Å². The molecule has 1 amide bonds. The van der Waals surface area contributed by atoms with E-state index in [1.165, 1.54) is 0 Å². The van der Waals surface area contributed by atoms with Crippen LogP contribution in [0.3, 0.4) is 0 Å². The van der Waals surface area contributed by atoms with Crippen LogP contribution >= 0.6 is 0 Å². The van der Waals surface area contributed by atoms with E-state index in [9.17, 15) is 4.79 Å². The van der Waals surface area contributed by atoms with E-state index in [2.05, 4.69) is 15.5 Å². The number of carbonyl (C=O) groups excluding carboxylic acids is 1. The number of rotatable bonds is 7. The monoisotopic (exact) mass is 337 g/mol. The van der Waals surface area contributed by atoms with Crippen molar-refractivity contribution >= 4 is 5.91 Å². The van der Waals surface area contributed by atoms with Gasteiger partial charge in [0.1, 0.15) is 5.75 Å². The van der Waals surface area contributed by atoms with Gasteiger partial charge < -0.3 is 14.5 Å². The van der Waals surface area contributed by atoms with Crippen molar-refractivity contribution in [1.29, 1.82) is 0 Å². The summed E-state index contributed by atoms with van der Waals surface area (Å²) in [5.41, 5.74) is 1.85. The number of amides is 1. The molecular formula is C19H19N3O3. The number of nitrogens with one attached hydrogen (secondary N) is 1. The van der Waals surface area contributed by atoms with Gasteiger partial charge in [0.2, 0.25) is 17.7 Å². The summed E-state index contributed by atoms with van der Waals surface area (Å²) in [7, 11) is 1.62. The van der Waals surface area contributed by atoms with Crippen molar-refractivity contribution in [3.05, 3.63) is 66.1 Å². The number of benzene rings is 2. The maximum Gasteiger partial charge on any atom is 0.247 e. The SMILES string of the molecule is COc1cccc(CNC(=O)CCc2nnc(-c3ccccc3)o2)c1. The Morgan fingerprint density at radius 1 is 1.12 bits per heavy atom. The highest BCUT2D eigenvalue weighted by molar-refractivity contribution is 5.76. The van der Waals surface area contributed by atoms with Crippen LogP contribution in [-0.4, -0.2) is 23.2 Å². The Bertz CT molecular complexity index is 831. The van der Waals surface area contributed by atoms with Crippen LogP contribution < -0.4 is 10.1 Å². The molecule has 0 aliphatic carbocycles. The molecule has 3 aromatic rings. The highest BCUT2D eigenvalue weighted by Gasteiger charge is 2.10. The molecule has 0 atom stereocenters. The first-order valence-electron chi connectivity index (χ1n) is 8.02. The lowest BCUT2D eigenvalue weighted by Crippen LogP contribution is -2.23. The molecule has 6 heteroatoms. The van der Waals surface area contributed by atoms with Gasteiger partial charge in [-0.1, -0.05) is 30.3 Å². The molecular weight excluding hydrogens is 318 g/mol. The van der Waals surface area contributed by atoms with Crippen LogP contribution in [0.4, 0.5) is 0 Å². The van der Waals surface area contributed by atoms with Gasteiger partial charge in [-0.15, -0.1) is 10.2 Å². The molecule has 0 spiro atoms. The average molecular weight is 337 g/mol. The second-order valence-electron chi connectivity index (χ2n) is 5.50. The summed E-state index contributed by atoms with van der Waals surface area (Å²) in [6.07, 6.45) is 0.699. The number of hydrogen-bond acceptors (Lipinski definition) is 5. The van der Waals surface area contributed by atoms with E-state index in [0.29, 0.717) is 31.2 Å². The first kappa shape index (κ1) is 16.7. The van der Waals surface area contributed by atoms with E-state index >= 15 is 0 Å². The summed E-state index contributed by atoms with van der Waals surface area (Å²) in [5.74, 6) is 1.62. The van der Waals surface area contributed by atoms with Crippen LogP contribution in [-0.2, 0) is 17.8 Å². The lowest BCUT2D eigenvalue weighted by atomic mass is 10.2. The van der Waals surface area contributed by atoms with E-state index in [1.54, 1.807) is 7.11 Å². The van der Waals surface area contributed by atoms with Gasteiger partial charge in [-0.2, -0.15) is 0 Å². The van der Waals surface area contributed by atoms with Gasteiger partial charge in [0.25, 0.3) is 0 Å². The summed E-state index contributed by atoms with van der Waals surface area (Å²) in [5, 5.41) is 10.9. The molecule has 128 valence electrons. The molecule has 1 heterocycles. The minimum atomic E-state index is -0.0673. The normalized spacial score (nSPS) is 10.4. The Kier molecular flexibility index (Phi) is 5.41. The summed E-state index contributed by atoms with van der Waals surface area (Å²) in [4.78, 5) is 12.0. The molecule has 2 aromatic carbocycles. The standard InChI is InChI=1S/C19H19N3O3/c1-24-16-9-5-6-14(12-16)13-20-17(23)10-11-18-21-22-19(25-18)15-7-3-2-4-8-15/h2-9,12H,10-11,13H2,1H3,(H,20,23). The minimum absolute atomic E-state index is 0.0673. The lowest BCUT2D eigenvalue weighted by Gasteiger charge is -2.06. The van der Waals surface area contributed by atoms with Crippen molar-refractivity contribution in [3.63, 3.8) is 0 Å². The predicted octanol–water partition coefficient (Wildman–Crippen LogP) is 2.99. The molecule has 0 saturated heterocycles. The van der Waals surface area contributed by atoms with E-state index < -0.39 is 0 Å². The summed E-state index contributed by atoms with van der Waals surface area (Å²) < 4.78 is 10.8. The Morgan fingerprint density at radius 3 is 2.76 bits per heavy atom. The molecule has 6 nitrogen and oxygen atoms in total. The average Bonchev–Trinajstić information content (AvgIpc) is 3.15. The number of ether oxygens (including phenoxy) is 1. The van der Waals surface area contributed by atoms with Crippen molar-refractivity contribution in [1.82, 2.24) is 15.5 Å². The molecule has 1 N–H and O–H groups in total. The fourth-order valence-electron chi connectivity index (χ4n) is 2.34. The van der Waals surface area contributed by atoms with Gasteiger partial charge in [-0.25, -0.2) is 0 Å². The van der Waals surface area contributed by atoms with Crippen LogP contribution in [0.25, 0.3) is 11.5 Å². The molecule has 0 aliphatic heterocycles. The number of aromatic nitrogens is 2. The van der Waals surface area contributed by atoms with E-state index in [1.807, 2.05) is 54.6 Å². The fourth-order valence-corrected chi connectivity index (χ4v) is 2.34. The van der Waals surface area contributed by atoms with Crippen molar-refractivity contribution < 1.29 is 13.9 Å². The van der Waals surface area contributed by atoms with Gasteiger partial charge in [-0.3, -0.25) is 4.79 Å². The summed E-state index contributed by atoms with van der Waals surface area (Å²) >= 11 is 0. The van der Waals surface area contributed by atoms with Crippen LogP contribution in [0.1, 0.15) is 17.9 Å². The third-order valence-corrected chi connectivity index (χ3v) is 3.68. The molecule has 25 heavy (non-hydrogen) atoms. The van der Waals surface area contributed by atoms with Gasteiger partial charge in [0.15, 0.2) is 0 Å². The molecule has 3 rings (SSSR count). The number of aryl methyl sites for hydroxylation is 1. The lowest BCUT2D eigenvalue weighted by molar-refractivity contribution is -0.121. The van der Waals surface area contributed by atoms with Gasteiger partial charge >= 0.3 is 0 Å². The first-order valence-corrected chi connectivity index (χ1v) is 8.02. The third-order valence-electron chi connectivity index (χ3n) is 3.68. The Morgan fingerprint density at radius 2 is 1.96 bits per heavy atom. The second kappa shape index (κ2) is 8.10. The predicted molar refractivity (Wildman–Crippen MR) is 92.9 cm³/mol. The molecule has 0 radical (unpaired) electrons. The van der Waals surface area contributed by atoms with Crippen molar-refractivity contribution in [3.8, 4) is 17.2 Å². The molecule has 0 bridgehead atoms. The maximum atomic E-state index is 12.0. The van der Waals surface area contributed by atoms with E-state index in [-0.39, 0.29) is 5.91 Å². The van der Waals surface area contributed by atoms with Crippen LogP contribution in [0.2, 0.25) is 0 Å². The topological polar surface area (TPSA) is 77.2 Å². The Balaban J connectivity index is 1.48. The Hall–Kier alpha value is -3.15. The smallest absolute Gasteiger partial charge is 0.247 e. The zero-order valence-corrected chi connectivity index (χ0v) is 13.9. The number of methoxy groups -OCH3 is 1. The zero-order valence-electron chi connectivity index (χ0n) is 13.9. The largest absolute Gasteiger partial charge is 0.497 e. The number of carbonyl (C=O) groups is 1. The summed E-state index contributed by atoms with van der Waals surface area (Å²) in [6, 6.07) is 17.1. The molecule has 0 aliphatic rings. The highest BCUT2D eigenvalue weighted by Crippen LogP contribution is 2.17. The highest BCUT2D eigenvalue weighted by atomic mass is 16.5. The molecule has 0 fully saturated rings. The minimum Gasteiger partial charge on any atom is -0.497 e. The second-order valence-corrected chi connectivity index (χ2v) is 5.50. The fraction of sp³-hybridized carbons (Fsp3) is 0.211. The van der Waals surface area contributed by atoms with Crippen molar-refractivity contribution in [2.45, 2.75) is 19.4 Å². The molecule has 1 aromatic heterocycles. The summed E-state index contributed by atoms with van der Waals surface area (Å²) in [6.45, 7) is 0.454. The van der Waals surface area contributed by atoms with Crippen molar-refractivity contribution in [2.75, 3.05) is 7.11 Å². The van der Waals surface area contributed by atoms with Crippen LogP contribution in [0.5, 0.6) is 5.75 Å². The van der Waals surface area contributed by atoms with Gasteiger partial charge in [-0.05, 0) is 29.8 Å². The van der Waals surface area contributed by atoms with Gasteiger partial charge in [0, 0.05) is 24.9 Å². The quantitative estimate of drug-likeness (QED) is 0.717. The van der Waals surface area contributed by atoms with Gasteiger partial charge in [0.05, 0.1) is 7.11 Å². The number of nitrogens with zero attached hydrogens (tertiary/aromatic N) is 2. The number of hydrogen-bond donors (Lipinski definition) is 1. The van der Waals surface area contributed by atoms with E-state index in [0.717, 1.165) is 16.9 Å². The first-order chi connectivity index (χ1) is 12.2. The van der Waals surface area contributed by atoms with Crippen LogP contribution in [0.15, 0.2) is 59.0 Å². The maximum absolute atomic E-state index is 12.0. The molecule has 0 unspecified atom stereocenters. The van der Waals surface area contributed by atoms with E-state index in [4.69, 9.17) is 9.15 Å². The third kappa shape index (κ3) is 4.67. The molecule has 0 saturated carbocycles. The zero-order chi connectivity index (χ0) is 17.5.